The molecule has 0 heterocycles. The van der Waals surface area contributed by atoms with Crippen molar-refractivity contribution in [3.8, 4) is 0 Å². The first-order valence-corrected chi connectivity index (χ1v) is 6.65. The Morgan fingerprint density at radius 2 is 1.61 bits per heavy atom. The van der Waals surface area contributed by atoms with E-state index < -0.39 is 17.7 Å². The Labute approximate surface area is 120 Å². The Hall–Kier alpha value is -0.780. The topological polar surface area (TPSA) is 20.2 Å². The van der Waals surface area contributed by atoms with Crippen molar-refractivity contribution in [2.24, 2.45) is 0 Å². The van der Waals surface area contributed by atoms with Gasteiger partial charge in [-0.05, 0) is 23.8 Å². The molecule has 5 heteroatoms. The smallest absolute Gasteiger partial charge is 0.132 e. The Morgan fingerprint density at radius 1 is 0.944 bits per heavy atom. The summed E-state index contributed by atoms with van der Waals surface area (Å²) in [7, 11) is 0. The molecule has 0 aromatic heterocycles. The van der Waals surface area contributed by atoms with E-state index in [1.54, 1.807) is 18.2 Å². The van der Waals surface area contributed by atoms with Crippen LogP contribution in [-0.2, 0) is 0 Å². The van der Waals surface area contributed by atoms with Crippen LogP contribution in [0.5, 0.6) is 0 Å². The van der Waals surface area contributed by atoms with Crippen molar-refractivity contribution in [2.75, 3.05) is 0 Å². The van der Waals surface area contributed by atoms with Gasteiger partial charge in [0, 0.05) is 20.6 Å². The van der Waals surface area contributed by atoms with Crippen LogP contribution in [0.3, 0.4) is 0 Å². The molecule has 1 atom stereocenters. The first kappa shape index (κ1) is 13.6. The van der Waals surface area contributed by atoms with Crippen molar-refractivity contribution in [1.29, 1.82) is 0 Å². The van der Waals surface area contributed by atoms with Crippen LogP contribution in [0.15, 0.2) is 45.3 Å². The zero-order chi connectivity index (χ0) is 13.3. The number of benzene rings is 2. The van der Waals surface area contributed by atoms with Crippen LogP contribution in [0.1, 0.15) is 17.2 Å². The molecule has 94 valence electrons. The van der Waals surface area contributed by atoms with Gasteiger partial charge < -0.3 is 5.11 Å². The van der Waals surface area contributed by atoms with E-state index in [2.05, 4.69) is 31.9 Å². The van der Waals surface area contributed by atoms with Crippen LogP contribution in [-0.4, -0.2) is 5.11 Å². The van der Waals surface area contributed by atoms with E-state index in [0.717, 1.165) is 16.6 Å². The fourth-order valence-electron chi connectivity index (χ4n) is 1.61. The predicted molar refractivity (Wildman–Crippen MR) is 72.3 cm³/mol. The summed E-state index contributed by atoms with van der Waals surface area (Å²) >= 11 is 6.59. The number of aliphatic hydroxyl groups excluding tert-OH is 1. The molecule has 1 N–H and O–H groups in total. The van der Waals surface area contributed by atoms with E-state index in [1.807, 2.05) is 0 Å². The maximum absolute atomic E-state index is 13.6. The molecule has 0 saturated heterocycles. The summed E-state index contributed by atoms with van der Waals surface area (Å²) in [4.78, 5) is 0. The standard InChI is InChI=1S/C13H8Br2F2O/c14-7-1-3-9(11(15)5-7)13(18)10-4-2-8(16)6-12(10)17/h1-6,13,18H. The molecule has 18 heavy (non-hydrogen) atoms. The van der Waals surface area contributed by atoms with Crippen LogP contribution >= 0.6 is 31.9 Å². The zero-order valence-electron chi connectivity index (χ0n) is 9.00. The van der Waals surface area contributed by atoms with Crippen LogP contribution in [0.4, 0.5) is 8.78 Å². The van der Waals surface area contributed by atoms with E-state index in [-0.39, 0.29) is 5.56 Å². The Bertz CT molecular complexity index is 536. The minimum Gasteiger partial charge on any atom is -0.384 e. The first-order chi connectivity index (χ1) is 8.49. The quantitative estimate of drug-likeness (QED) is 0.812. The van der Waals surface area contributed by atoms with Gasteiger partial charge in [0.2, 0.25) is 0 Å². The van der Waals surface area contributed by atoms with E-state index >= 15 is 0 Å². The van der Waals surface area contributed by atoms with Crippen molar-refractivity contribution >= 4 is 31.9 Å². The molecule has 0 spiro atoms. The average molecular weight is 378 g/mol. The van der Waals surface area contributed by atoms with Crippen LogP contribution < -0.4 is 0 Å². The second-order valence-electron chi connectivity index (χ2n) is 3.73. The summed E-state index contributed by atoms with van der Waals surface area (Å²) in [6.07, 6.45) is -1.15. The van der Waals surface area contributed by atoms with Crippen molar-refractivity contribution < 1.29 is 13.9 Å². The van der Waals surface area contributed by atoms with E-state index in [4.69, 9.17) is 0 Å². The highest BCUT2D eigenvalue weighted by atomic mass is 79.9. The highest BCUT2D eigenvalue weighted by molar-refractivity contribution is 9.11. The van der Waals surface area contributed by atoms with Gasteiger partial charge in [0.05, 0.1) is 0 Å². The van der Waals surface area contributed by atoms with Gasteiger partial charge in [-0.2, -0.15) is 0 Å². The van der Waals surface area contributed by atoms with Gasteiger partial charge in [-0.3, -0.25) is 0 Å². The summed E-state index contributed by atoms with van der Waals surface area (Å²) in [5.41, 5.74) is 0.558. The third-order valence-corrected chi connectivity index (χ3v) is 3.69. The largest absolute Gasteiger partial charge is 0.384 e. The molecule has 2 aromatic carbocycles. The summed E-state index contributed by atoms with van der Waals surface area (Å²) in [6.45, 7) is 0. The van der Waals surface area contributed by atoms with E-state index in [9.17, 15) is 13.9 Å². The van der Waals surface area contributed by atoms with Gasteiger partial charge >= 0.3 is 0 Å². The Kier molecular flexibility index (Phi) is 4.14. The van der Waals surface area contributed by atoms with Gasteiger partial charge in [-0.25, -0.2) is 8.78 Å². The third-order valence-electron chi connectivity index (χ3n) is 2.51. The lowest BCUT2D eigenvalue weighted by Crippen LogP contribution is -2.03. The first-order valence-electron chi connectivity index (χ1n) is 5.07. The van der Waals surface area contributed by atoms with Gasteiger partial charge in [-0.15, -0.1) is 0 Å². The fraction of sp³-hybridized carbons (Fsp3) is 0.0769. The van der Waals surface area contributed by atoms with Gasteiger partial charge in [0.15, 0.2) is 0 Å². The minimum absolute atomic E-state index is 0.0411. The minimum atomic E-state index is -1.15. The monoisotopic (exact) mass is 376 g/mol. The highest BCUT2D eigenvalue weighted by Gasteiger charge is 2.18. The second kappa shape index (κ2) is 5.47. The molecular formula is C13H8Br2F2O. The molecule has 0 saturated carbocycles. The number of aliphatic hydroxyl groups is 1. The molecule has 0 aliphatic rings. The predicted octanol–water partition coefficient (Wildman–Crippen LogP) is 4.57. The van der Waals surface area contributed by atoms with Crippen LogP contribution in [0, 0.1) is 11.6 Å². The molecule has 2 aromatic rings. The Morgan fingerprint density at radius 3 is 2.22 bits per heavy atom. The summed E-state index contributed by atoms with van der Waals surface area (Å²) in [5.74, 6) is -1.43. The van der Waals surface area contributed by atoms with Crippen LogP contribution in [0.2, 0.25) is 0 Å². The molecule has 1 unspecified atom stereocenters. The molecule has 0 fully saturated rings. The van der Waals surface area contributed by atoms with Crippen molar-refractivity contribution in [3.05, 3.63) is 68.1 Å². The van der Waals surface area contributed by atoms with E-state index in [1.165, 1.54) is 6.07 Å². The van der Waals surface area contributed by atoms with Crippen molar-refractivity contribution in [1.82, 2.24) is 0 Å². The van der Waals surface area contributed by atoms with Gasteiger partial charge in [-0.1, -0.05) is 44.0 Å². The van der Waals surface area contributed by atoms with E-state index in [0.29, 0.717) is 10.0 Å². The highest BCUT2D eigenvalue weighted by Crippen LogP contribution is 2.31. The number of hydrogen-bond acceptors (Lipinski definition) is 1. The number of hydrogen-bond donors (Lipinski definition) is 1. The normalized spacial score (nSPS) is 12.5. The van der Waals surface area contributed by atoms with Gasteiger partial charge in [0.1, 0.15) is 17.7 Å². The maximum atomic E-state index is 13.6. The molecule has 0 bridgehead atoms. The molecule has 0 amide bonds. The number of halogens is 4. The molecular weight excluding hydrogens is 370 g/mol. The summed E-state index contributed by atoms with van der Waals surface area (Å²) in [6, 6.07) is 8.27. The second-order valence-corrected chi connectivity index (χ2v) is 5.50. The fourth-order valence-corrected chi connectivity index (χ4v) is 2.88. The number of rotatable bonds is 2. The Balaban J connectivity index is 2.44. The SMILES string of the molecule is OC(c1ccc(F)cc1F)c1ccc(Br)cc1Br. The summed E-state index contributed by atoms with van der Waals surface area (Å²) in [5, 5.41) is 10.1. The molecule has 0 aliphatic heterocycles. The molecule has 0 radical (unpaired) electrons. The average Bonchev–Trinajstić information content (AvgIpc) is 2.28. The molecule has 1 nitrogen and oxygen atoms in total. The third kappa shape index (κ3) is 2.79. The van der Waals surface area contributed by atoms with Gasteiger partial charge in [0.25, 0.3) is 0 Å². The summed E-state index contributed by atoms with van der Waals surface area (Å²) < 4.78 is 27.9. The zero-order valence-corrected chi connectivity index (χ0v) is 12.2. The lowest BCUT2D eigenvalue weighted by Gasteiger charge is -2.14. The van der Waals surface area contributed by atoms with Crippen LogP contribution in [0.25, 0.3) is 0 Å². The molecule has 0 aliphatic carbocycles. The van der Waals surface area contributed by atoms with Crippen molar-refractivity contribution in [2.45, 2.75) is 6.10 Å². The molecule has 2 rings (SSSR count). The lowest BCUT2D eigenvalue weighted by atomic mass is 10.0. The maximum Gasteiger partial charge on any atom is 0.132 e. The van der Waals surface area contributed by atoms with Crippen molar-refractivity contribution in [3.63, 3.8) is 0 Å². The lowest BCUT2D eigenvalue weighted by molar-refractivity contribution is 0.214.